The molecule has 0 atom stereocenters. The second-order valence-electron chi connectivity index (χ2n) is 7.33. The zero-order valence-corrected chi connectivity index (χ0v) is 20.0. The number of hydrogen-bond acceptors (Lipinski definition) is 1. The van der Waals surface area contributed by atoms with Gasteiger partial charge in [-0.3, -0.25) is 0 Å². The van der Waals surface area contributed by atoms with Crippen LogP contribution < -0.4 is 24.8 Å². The van der Waals surface area contributed by atoms with Crippen LogP contribution in [0.15, 0.2) is 23.0 Å². The van der Waals surface area contributed by atoms with Crippen molar-refractivity contribution < 1.29 is 47.5 Å². The summed E-state index contributed by atoms with van der Waals surface area (Å²) in [4.78, 5) is 0. The molecule has 0 saturated heterocycles. The Balaban J connectivity index is 0. The van der Waals surface area contributed by atoms with Crippen LogP contribution in [0.4, 0.5) is 0 Å². The minimum Gasteiger partial charge on any atom is -1.00 e. The first-order valence-corrected chi connectivity index (χ1v) is 17.6. The van der Waals surface area contributed by atoms with Gasteiger partial charge in [-0.05, 0) is 0 Å². The van der Waals surface area contributed by atoms with Gasteiger partial charge in [-0.15, -0.1) is 0 Å². The van der Waals surface area contributed by atoms with E-state index in [2.05, 4.69) is 68.5 Å². The first-order valence-electron chi connectivity index (χ1n) is 6.80. The molecule has 115 valence electrons. The van der Waals surface area contributed by atoms with Crippen molar-refractivity contribution in [3.05, 3.63) is 23.0 Å². The van der Waals surface area contributed by atoms with Gasteiger partial charge in [0.1, 0.15) is 0 Å². The van der Waals surface area contributed by atoms with Crippen LogP contribution in [0.1, 0.15) is 27.2 Å². The van der Waals surface area contributed by atoms with E-state index < -0.39 is 30.8 Å². The Morgan fingerprint density at radius 1 is 1.15 bits per heavy atom. The molecule has 0 aromatic rings. The largest absolute Gasteiger partial charge is 1.00 e. The van der Waals surface area contributed by atoms with Gasteiger partial charge in [0.15, 0.2) is 0 Å². The van der Waals surface area contributed by atoms with E-state index in [4.69, 9.17) is 0 Å². The maximum atomic E-state index is 2.86. The standard InChI is InChI=1S/C12H22NSi.C2H6Si.2ClH.Zr/c1-12(2,3)13-10-8-7-9-11(10)14(4,5)6;1-3-2;;;/h7,9H,8H2,1-6H3;1-2H3;2*1H;/q-1;;;;+3/p-2. The van der Waals surface area contributed by atoms with Crippen molar-refractivity contribution in [1.29, 1.82) is 0 Å². The van der Waals surface area contributed by atoms with Crippen molar-refractivity contribution in [3.8, 4) is 0 Å². The number of hydrogen-bond donors (Lipinski definition) is 0. The molecule has 1 aliphatic carbocycles. The number of rotatable bonds is 4. The van der Waals surface area contributed by atoms with E-state index in [9.17, 15) is 0 Å². The molecule has 0 saturated carbocycles. The van der Waals surface area contributed by atoms with E-state index in [1.165, 1.54) is 6.42 Å². The Kier molecular flexibility index (Phi) is 10.2. The maximum Gasteiger partial charge on any atom is -1.00 e. The van der Waals surface area contributed by atoms with E-state index in [1.807, 2.05) is 0 Å². The fraction of sp³-hybridized carbons (Fsp3) is 0.714. The van der Waals surface area contributed by atoms with Gasteiger partial charge in [-0.2, -0.15) is 0 Å². The van der Waals surface area contributed by atoms with Gasteiger partial charge in [-0.25, -0.2) is 0 Å². The van der Waals surface area contributed by atoms with Gasteiger partial charge in [0.05, 0.1) is 0 Å². The number of nitrogens with zero attached hydrogens (tertiary/aromatic N) is 1. The molecule has 0 aromatic heterocycles. The maximum absolute atomic E-state index is 2.86. The summed E-state index contributed by atoms with van der Waals surface area (Å²) in [6.45, 7) is 19.6. The predicted molar refractivity (Wildman–Crippen MR) is 83.2 cm³/mol. The van der Waals surface area contributed by atoms with Crippen LogP contribution in [0, 0.1) is 0 Å². The van der Waals surface area contributed by atoms with E-state index in [0.29, 0.717) is 5.54 Å². The van der Waals surface area contributed by atoms with Crippen molar-refractivity contribution in [1.82, 2.24) is 2.84 Å². The van der Waals surface area contributed by atoms with Gasteiger partial charge < -0.3 is 24.8 Å². The summed E-state index contributed by atoms with van der Waals surface area (Å²) in [5, 5.41) is 1.71. The third kappa shape index (κ3) is 6.52. The fourth-order valence-corrected chi connectivity index (χ4v) is 12.4. The van der Waals surface area contributed by atoms with Crippen LogP contribution >= 0.6 is 0 Å². The van der Waals surface area contributed by atoms with E-state index in [0.717, 1.165) is 0 Å². The third-order valence-corrected chi connectivity index (χ3v) is 13.0. The molecule has 0 fully saturated rings. The second-order valence-corrected chi connectivity index (χ2v) is 24.7. The van der Waals surface area contributed by atoms with Crippen LogP contribution in [0.5, 0.6) is 0 Å². The quantitative estimate of drug-likeness (QED) is 0.490. The smallest absolute Gasteiger partial charge is 1.00 e. The van der Waals surface area contributed by atoms with Crippen LogP contribution in [0.2, 0.25) is 32.7 Å². The monoisotopic (exact) mass is 426 g/mol. The van der Waals surface area contributed by atoms with Gasteiger partial charge >= 0.3 is 128 Å². The van der Waals surface area contributed by atoms with Crippen LogP contribution in [0.3, 0.4) is 0 Å². The van der Waals surface area contributed by atoms with Crippen LogP contribution in [0.25, 0.3) is 0 Å². The van der Waals surface area contributed by atoms with Gasteiger partial charge in [-0.1, -0.05) is 0 Å². The molecule has 1 aliphatic rings. The Hall–Kier alpha value is 1.18. The number of halogens is 2. The number of allylic oxidation sites excluding steroid dienone is 3. The molecule has 0 spiro atoms. The summed E-state index contributed by atoms with van der Waals surface area (Å²) in [6, 6.07) is 0. The summed E-state index contributed by atoms with van der Waals surface area (Å²) >= 11 is -0.410. The van der Waals surface area contributed by atoms with Crippen LogP contribution in [-0.2, 0) is 22.7 Å². The van der Waals surface area contributed by atoms with E-state index in [-0.39, 0.29) is 30.7 Å². The summed E-state index contributed by atoms with van der Waals surface area (Å²) in [7, 11) is -1.19. The molecule has 0 unspecified atom stereocenters. The van der Waals surface area contributed by atoms with Gasteiger partial charge in [0.2, 0.25) is 0 Å². The van der Waals surface area contributed by atoms with E-state index >= 15 is 0 Å². The zero-order valence-electron chi connectivity index (χ0n) is 14.1. The Labute approximate surface area is 152 Å². The van der Waals surface area contributed by atoms with E-state index in [1.54, 1.807) is 10.9 Å². The molecule has 0 heterocycles. The molecule has 0 N–H and O–H groups in total. The molecular formula is C14H28Cl2NSi2Zr. The average Bonchev–Trinajstić information content (AvgIpc) is 2.58. The van der Waals surface area contributed by atoms with Crippen molar-refractivity contribution in [2.75, 3.05) is 0 Å². The zero-order chi connectivity index (χ0) is 14.1. The Morgan fingerprint density at radius 3 is 2.00 bits per heavy atom. The normalized spacial score (nSPS) is 14.8. The molecule has 0 aromatic carbocycles. The topological polar surface area (TPSA) is 3.24 Å². The Bertz CT molecular complexity index is 368. The molecule has 1 nitrogen and oxygen atoms in total. The average molecular weight is 429 g/mol. The molecule has 0 aliphatic heterocycles. The third-order valence-electron chi connectivity index (χ3n) is 2.99. The minimum atomic E-state index is -1.19. The molecular weight excluding hydrogens is 400 g/mol. The van der Waals surface area contributed by atoms with Gasteiger partial charge in [0, 0.05) is 0 Å². The molecule has 0 amide bonds. The van der Waals surface area contributed by atoms with Crippen molar-refractivity contribution in [3.63, 3.8) is 0 Å². The Morgan fingerprint density at radius 2 is 1.65 bits per heavy atom. The second kappa shape index (κ2) is 8.72. The SMILES string of the molecule is C[Si](C)[Zr+2][N](C1=C([Si](C)(C)C)C=CC1)C(C)(C)C.[Cl-].[Cl-]. The molecule has 6 heteroatoms. The molecule has 1 radical (unpaired) electrons. The summed E-state index contributed by atoms with van der Waals surface area (Å²) in [5.74, 6) is -0.0710. The predicted octanol–water partition coefficient (Wildman–Crippen LogP) is -1.57. The molecule has 0 bridgehead atoms. The first kappa shape index (κ1) is 23.4. The van der Waals surface area contributed by atoms with Crippen molar-refractivity contribution in [2.24, 2.45) is 0 Å². The van der Waals surface area contributed by atoms with Crippen LogP contribution in [-0.4, -0.2) is 22.4 Å². The van der Waals surface area contributed by atoms with Crippen molar-refractivity contribution in [2.45, 2.75) is 65.5 Å². The summed E-state index contributed by atoms with van der Waals surface area (Å²) in [6.07, 6.45) is 6.00. The fourth-order valence-electron chi connectivity index (χ4n) is 2.25. The molecule has 1 rings (SSSR count). The van der Waals surface area contributed by atoms with Crippen molar-refractivity contribution >= 4 is 14.0 Å². The minimum absolute atomic E-state index is 0. The summed E-state index contributed by atoms with van der Waals surface area (Å²) in [5.41, 5.74) is 2.01. The first-order chi connectivity index (χ1) is 8.03. The molecule has 20 heavy (non-hydrogen) atoms. The summed E-state index contributed by atoms with van der Waals surface area (Å²) < 4.78 is 2.86. The van der Waals surface area contributed by atoms with Gasteiger partial charge in [0.25, 0.3) is 0 Å².